The van der Waals surface area contributed by atoms with Crippen LogP contribution in [0.3, 0.4) is 0 Å². The van der Waals surface area contributed by atoms with Crippen molar-refractivity contribution in [2.45, 2.75) is 38.0 Å². The van der Waals surface area contributed by atoms with Gasteiger partial charge in [-0.3, -0.25) is 24.6 Å². The summed E-state index contributed by atoms with van der Waals surface area (Å²) in [6.07, 6.45) is 2.15. The number of carboxylic acids is 1. The molecule has 1 saturated carbocycles. The first-order valence-electron chi connectivity index (χ1n) is 17.8. The molecule has 8 rings (SSSR count). The second-order valence-electron chi connectivity index (χ2n) is 14.3. The number of ether oxygens (including phenoxy) is 1. The molecule has 2 aliphatic carbocycles. The number of amides is 4. The minimum atomic E-state index is -1.50. The summed E-state index contributed by atoms with van der Waals surface area (Å²) >= 11 is 0. The van der Waals surface area contributed by atoms with Crippen LogP contribution in [0, 0.1) is 30.6 Å². The zero-order valence-electron chi connectivity index (χ0n) is 29.4. The Balaban J connectivity index is 1.30. The van der Waals surface area contributed by atoms with Crippen molar-refractivity contribution in [2.75, 3.05) is 16.9 Å². The molecule has 0 aromatic heterocycles. The topological polar surface area (TPSA) is 174 Å². The molecule has 4 amide bonds. The number of carbonyl (C=O) groups is 5. The maximum Gasteiger partial charge on any atom is 0.339 e. The predicted molar refractivity (Wildman–Crippen MR) is 196 cm³/mol. The molecule has 54 heavy (non-hydrogen) atoms. The Bertz CT molecular complexity index is 2270. The second kappa shape index (κ2) is 12.9. The highest BCUT2D eigenvalue weighted by Crippen LogP contribution is 2.64. The summed E-state index contributed by atoms with van der Waals surface area (Å²) in [5.41, 5.74) is 4.66. The average Bonchev–Trinajstić information content (AvgIpc) is 3.54. The molecule has 0 radical (unpaired) electrons. The lowest BCUT2D eigenvalue weighted by atomic mass is 9.49. The normalized spacial score (nSPS) is 25.9. The fourth-order valence-corrected chi connectivity index (χ4v) is 9.20. The van der Waals surface area contributed by atoms with E-state index >= 15 is 4.79 Å². The van der Waals surface area contributed by atoms with E-state index in [1.807, 2.05) is 55.5 Å². The van der Waals surface area contributed by atoms with Gasteiger partial charge in [-0.1, -0.05) is 65.7 Å². The van der Waals surface area contributed by atoms with Crippen molar-refractivity contribution in [1.82, 2.24) is 5.01 Å². The molecule has 4 aromatic carbocycles. The Morgan fingerprint density at radius 1 is 0.870 bits per heavy atom. The molecule has 2 aliphatic heterocycles. The van der Waals surface area contributed by atoms with Crippen LogP contribution in [0.5, 0.6) is 17.2 Å². The number of hydrazine groups is 1. The van der Waals surface area contributed by atoms with Gasteiger partial charge in [-0.25, -0.2) is 9.69 Å². The largest absolute Gasteiger partial charge is 0.507 e. The Kier molecular flexibility index (Phi) is 8.28. The monoisotopic (exact) mass is 727 g/mol. The Morgan fingerprint density at radius 2 is 1.61 bits per heavy atom. The van der Waals surface area contributed by atoms with E-state index in [1.165, 1.54) is 12.1 Å². The number of nitrogens with zero attached hydrogens (tertiary/aromatic N) is 2. The van der Waals surface area contributed by atoms with E-state index in [4.69, 9.17) is 4.74 Å². The molecule has 2 heterocycles. The van der Waals surface area contributed by atoms with Crippen LogP contribution in [0.25, 0.3) is 0 Å². The van der Waals surface area contributed by atoms with Crippen molar-refractivity contribution in [1.29, 1.82) is 0 Å². The third-order valence-corrected chi connectivity index (χ3v) is 11.5. The first-order valence-corrected chi connectivity index (χ1v) is 17.8. The van der Waals surface area contributed by atoms with Gasteiger partial charge in [0.05, 0.1) is 41.2 Å². The van der Waals surface area contributed by atoms with Gasteiger partial charge in [0.15, 0.2) is 11.5 Å². The fraction of sp³-hybridized carbons (Fsp3) is 0.262. The molecule has 12 heteroatoms. The lowest BCUT2D eigenvalue weighted by Gasteiger charge is -2.50. The van der Waals surface area contributed by atoms with Gasteiger partial charge in [0.1, 0.15) is 11.3 Å². The molecular weight excluding hydrogens is 690 g/mol. The third-order valence-electron chi connectivity index (χ3n) is 11.5. The number of rotatable bonds is 8. The van der Waals surface area contributed by atoms with Gasteiger partial charge >= 0.3 is 5.97 Å². The summed E-state index contributed by atoms with van der Waals surface area (Å²) < 4.78 is 5.80. The average molecular weight is 728 g/mol. The molecule has 4 aliphatic rings. The Labute approximate surface area is 310 Å². The van der Waals surface area contributed by atoms with Gasteiger partial charge in [-0.05, 0) is 80.1 Å². The first kappa shape index (κ1) is 34.6. The van der Waals surface area contributed by atoms with Crippen molar-refractivity contribution in [3.05, 3.63) is 125 Å². The number of carbonyl (C=O) groups excluding carboxylic acids is 4. The fourth-order valence-electron chi connectivity index (χ4n) is 9.20. The van der Waals surface area contributed by atoms with Gasteiger partial charge < -0.3 is 20.1 Å². The highest BCUT2D eigenvalue weighted by molar-refractivity contribution is 6.23. The van der Waals surface area contributed by atoms with Crippen LogP contribution in [-0.2, 0) is 24.6 Å². The molecule has 12 nitrogen and oxygen atoms in total. The van der Waals surface area contributed by atoms with E-state index in [0.717, 1.165) is 33.2 Å². The summed E-state index contributed by atoms with van der Waals surface area (Å²) in [4.78, 5) is 71.3. The molecule has 4 N–H and O–H groups in total. The molecule has 0 spiro atoms. The van der Waals surface area contributed by atoms with E-state index in [0.29, 0.717) is 16.8 Å². The molecule has 3 fully saturated rings. The smallest absolute Gasteiger partial charge is 0.339 e. The van der Waals surface area contributed by atoms with Gasteiger partial charge in [0, 0.05) is 12.0 Å². The number of phenols is 2. The lowest BCUT2D eigenvalue weighted by Crippen LogP contribution is -2.53. The third kappa shape index (κ3) is 5.07. The number of allylic oxidation sites excluding steroid dienone is 2. The molecule has 6 atom stereocenters. The van der Waals surface area contributed by atoms with Crippen LogP contribution in [-0.4, -0.2) is 56.5 Å². The molecular formula is C42H37N3O9. The van der Waals surface area contributed by atoms with Crippen LogP contribution < -0.4 is 15.1 Å². The number of fused-ring (bicyclic) bond motifs is 4. The van der Waals surface area contributed by atoms with E-state index in [-0.39, 0.29) is 42.2 Å². The zero-order valence-corrected chi connectivity index (χ0v) is 29.4. The Hall–Kier alpha value is -6.43. The predicted octanol–water partition coefficient (Wildman–Crippen LogP) is 5.69. The SMILES string of the molecule is CCOc1cc([C@H]2C3=CC[C@@H]4C(=O)N(c5ccc(C(=O)O)c(O)c5)C(=O)[C@@H]4[C@@H]3C[C@H]3C(=O)N(Nc4ccc(C)cc4)C(=O)[C@@]23c2ccccc2)ccc1O. The number of benzene rings is 4. The standard InChI is InChI=1S/C42H37N3O9/c1-3-54-34-19-23(11-18-32(34)46)36-27-16-17-29-35(39(50)44(37(29)48)26-14-15-28(40(51)52)33(47)20-26)30(27)21-31-38(49)45(43-25-12-9-22(2)10-13-25)41(53)42(31,36)24-7-5-4-6-8-24/h4-16,18-20,29-31,35-36,43,46-47H,3,17,21H2,1-2H3,(H,51,52)/t29-,30+,31-,35-,36-,42+/m0/s1. The molecule has 0 unspecified atom stereocenters. The van der Waals surface area contributed by atoms with E-state index in [2.05, 4.69) is 5.43 Å². The summed E-state index contributed by atoms with van der Waals surface area (Å²) in [6.45, 7) is 3.97. The minimum absolute atomic E-state index is 0.0370. The zero-order chi connectivity index (χ0) is 38.1. The maximum absolute atomic E-state index is 15.3. The van der Waals surface area contributed by atoms with Gasteiger partial charge in [0.25, 0.3) is 11.8 Å². The number of nitrogens with one attached hydrogen (secondary N) is 1. The van der Waals surface area contributed by atoms with Crippen molar-refractivity contribution in [3.63, 3.8) is 0 Å². The highest BCUT2D eigenvalue weighted by atomic mass is 16.5. The summed E-state index contributed by atoms with van der Waals surface area (Å²) in [6, 6.07) is 24.8. The first-order chi connectivity index (χ1) is 26.0. The van der Waals surface area contributed by atoms with Crippen LogP contribution in [0.2, 0.25) is 0 Å². The highest BCUT2D eigenvalue weighted by Gasteiger charge is 2.70. The van der Waals surface area contributed by atoms with Crippen LogP contribution in [0.4, 0.5) is 11.4 Å². The number of anilines is 2. The van der Waals surface area contributed by atoms with Crippen LogP contribution in [0.1, 0.15) is 52.7 Å². The number of phenolic OH excluding ortho intramolecular Hbond substituents is 1. The van der Waals surface area contributed by atoms with Crippen molar-refractivity contribution < 1.29 is 44.0 Å². The number of carboxylic acid groups (broad SMARTS) is 1. The number of aryl methyl sites for hydroxylation is 1. The number of hydrogen-bond donors (Lipinski definition) is 4. The van der Waals surface area contributed by atoms with Crippen molar-refractivity contribution >= 4 is 41.0 Å². The lowest BCUT2D eigenvalue weighted by molar-refractivity contribution is -0.138. The van der Waals surface area contributed by atoms with E-state index < -0.39 is 70.4 Å². The molecule has 274 valence electrons. The Morgan fingerprint density at radius 3 is 2.30 bits per heavy atom. The van der Waals surface area contributed by atoms with Crippen LogP contribution >= 0.6 is 0 Å². The van der Waals surface area contributed by atoms with Gasteiger partial charge in [-0.15, -0.1) is 0 Å². The minimum Gasteiger partial charge on any atom is -0.507 e. The molecule has 4 aromatic rings. The van der Waals surface area contributed by atoms with Crippen LogP contribution in [0.15, 0.2) is 103 Å². The van der Waals surface area contributed by atoms with Crippen molar-refractivity contribution in [3.8, 4) is 17.2 Å². The maximum atomic E-state index is 15.3. The van der Waals surface area contributed by atoms with Gasteiger partial charge in [-0.2, -0.15) is 5.01 Å². The number of aromatic hydroxyl groups is 2. The van der Waals surface area contributed by atoms with Gasteiger partial charge in [0.2, 0.25) is 11.8 Å². The summed E-state index contributed by atoms with van der Waals surface area (Å²) in [7, 11) is 0. The summed E-state index contributed by atoms with van der Waals surface area (Å²) in [5.74, 6) is -8.06. The van der Waals surface area contributed by atoms with Crippen molar-refractivity contribution in [2.24, 2.45) is 23.7 Å². The number of imide groups is 2. The van der Waals surface area contributed by atoms with E-state index in [9.17, 15) is 34.5 Å². The number of aromatic carboxylic acids is 1. The molecule has 2 saturated heterocycles. The second-order valence-corrected chi connectivity index (χ2v) is 14.3. The van der Waals surface area contributed by atoms with E-state index in [1.54, 1.807) is 31.2 Å². The summed E-state index contributed by atoms with van der Waals surface area (Å²) in [5, 5.41) is 31.7. The number of hydrogen-bond acceptors (Lipinski definition) is 9. The molecule has 0 bridgehead atoms. The quantitative estimate of drug-likeness (QED) is 0.130.